The zero-order valence-corrected chi connectivity index (χ0v) is 12.1. The predicted octanol–water partition coefficient (Wildman–Crippen LogP) is 2.72. The van der Waals surface area contributed by atoms with E-state index in [0.29, 0.717) is 17.4 Å². The Balaban J connectivity index is 1.68. The summed E-state index contributed by atoms with van der Waals surface area (Å²) in [6.45, 7) is 0.290. The highest BCUT2D eigenvalue weighted by molar-refractivity contribution is 6.30. The average molecular weight is 315 g/mol. The van der Waals surface area contributed by atoms with Crippen molar-refractivity contribution in [2.24, 2.45) is 0 Å². The number of nitrogens with one attached hydrogen (secondary N) is 1. The van der Waals surface area contributed by atoms with Crippen molar-refractivity contribution in [1.29, 1.82) is 0 Å². The lowest BCUT2D eigenvalue weighted by atomic mass is 10.2. The fourth-order valence-corrected chi connectivity index (χ4v) is 1.91. The number of carbonyl (C=O) groups is 1. The summed E-state index contributed by atoms with van der Waals surface area (Å²) in [5.41, 5.74) is 1.46. The largest absolute Gasteiger partial charge is 0.342 e. The van der Waals surface area contributed by atoms with Crippen LogP contribution < -0.4 is 5.32 Å². The van der Waals surface area contributed by atoms with E-state index in [1.165, 1.54) is 0 Å². The lowest BCUT2D eigenvalue weighted by molar-refractivity contribution is 0.0906. The molecule has 1 amide bonds. The van der Waals surface area contributed by atoms with Gasteiger partial charge in [0.1, 0.15) is 0 Å². The normalized spacial score (nSPS) is 10.4. The number of amides is 1. The number of aromatic nitrogens is 3. The Morgan fingerprint density at radius 2 is 2.00 bits per heavy atom. The van der Waals surface area contributed by atoms with Crippen molar-refractivity contribution < 1.29 is 9.32 Å². The van der Waals surface area contributed by atoms with Gasteiger partial charge in [0.15, 0.2) is 0 Å². The van der Waals surface area contributed by atoms with E-state index >= 15 is 0 Å². The Hall–Kier alpha value is -2.73. The lowest BCUT2D eigenvalue weighted by Crippen LogP contribution is -2.23. The zero-order chi connectivity index (χ0) is 15.4. The number of hydrogen-bond donors (Lipinski definition) is 1. The molecule has 2 heterocycles. The molecular weight excluding hydrogens is 304 g/mol. The van der Waals surface area contributed by atoms with Crippen LogP contribution in [0.4, 0.5) is 0 Å². The van der Waals surface area contributed by atoms with Crippen LogP contribution in [0.15, 0.2) is 53.2 Å². The van der Waals surface area contributed by atoms with E-state index in [-0.39, 0.29) is 5.89 Å². The first kappa shape index (κ1) is 14.2. The first-order valence-corrected chi connectivity index (χ1v) is 6.88. The number of benzene rings is 1. The van der Waals surface area contributed by atoms with E-state index in [2.05, 4.69) is 20.4 Å². The van der Waals surface area contributed by atoms with Crippen molar-refractivity contribution in [3.63, 3.8) is 0 Å². The van der Waals surface area contributed by atoms with E-state index in [0.717, 1.165) is 11.3 Å². The molecule has 1 N–H and O–H groups in total. The molecule has 0 aliphatic carbocycles. The Morgan fingerprint density at radius 1 is 1.18 bits per heavy atom. The number of nitrogens with zero attached hydrogens (tertiary/aromatic N) is 3. The molecule has 0 spiro atoms. The molecule has 2 aromatic heterocycles. The quantitative estimate of drug-likeness (QED) is 0.800. The van der Waals surface area contributed by atoms with Gasteiger partial charge in [-0.05, 0) is 36.4 Å². The molecule has 3 rings (SSSR count). The maximum absolute atomic E-state index is 12.0. The molecule has 0 atom stereocenters. The Labute approximate surface area is 131 Å². The number of pyridine rings is 1. The van der Waals surface area contributed by atoms with E-state index in [1.807, 2.05) is 18.2 Å². The summed E-state index contributed by atoms with van der Waals surface area (Å²) in [6.07, 6.45) is 1.66. The molecule has 0 unspecified atom stereocenters. The van der Waals surface area contributed by atoms with Crippen LogP contribution in [-0.2, 0) is 6.54 Å². The van der Waals surface area contributed by atoms with Gasteiger partial charge in [-0.2, -0.15) is 4.98 Å². The van der Waals surface area contributed by atoms with Crippen molar-refractivity contribution >= 4 is 17.5 Å². The van der Waals surface area contributed by atoms with Gasteiger partial charge in [-0.1, -0.05) is 22.8 Å². The second kappa shape index (κ2) is 6.36. The highest BCUT2D eigenvalue weighted by Crippen LogP contribution is 2.18. The van der Waals surface area contributed by atoms with Gasteiger partial charge in [0.25, 0.3) is 0 Å². The molecule has 1 aromatic carbocycles. The monoisotopic (exact) mass is 314 g/mol. The molecule has 3 aromatic rings. The van der Waals surface area contributed by atoms with Crippen molar-refractivity contribution in [2.75, 3.05) is 0 Å². The van der Waals surface area contributed by atoms with Crippen LogP contribution in [0.2, 0.25) is 5.02 Å². The standard InChI is InChI=1S/C15H11ClN4O2/c16-11-6-4-10(5-7-11)13-19-15(22-20-13)14(21)18-9-12-3-1-2-8-17-12/h1-8H,9H2,(H,18,21). The summed E-state index contributed by atoms with van der Waals surface area (Å²) < 4.78 is 4.97. The molecule has 7 heteroatoms. The molecule has 110 valence electrons. The highest BCUT2D eigenvalue weighted by atomic mass is 35.5. The lowest BCUT2D eigenvalue weighted by Gasteiger charge is -2.00. The minimum Gasteiger partial charge on any atom is -0.342 e. The van der Waals surface area contributed by atoms with Gasteiger partial charge in [0.2, 0.25) is 5.82 Å². The molecule has 0 bridgehead atoms. The van der Waals surface area contributed by atoms with Crippen LogP contribution >= 0.6 is 11.6 Å². The third kappa shape index (κ3) is 3.29. The van der Waals surface area contributed by atoms with Gasteiger partial charge in [-0.25, -0.2) is 0 Å². The van der Waals surface area contributed by atoms with Crippen molar-refractivity contribution in [1.82, 2.24) is 20.4 Å². The van der Waals surface area contributed by atoms with Gasteiger partial charge in [-0.15, -0.1) is 0 Å². The van der Waals surface area contributed by atoms with Crippen LogP contribution in [0, 0.1) is 0 Å². The molecule has 0 fully saturated rings. The van der Waals surface area contributed by atoms with Crippen molar-refractivity contribution in [2.45, 2.75) is 6.54 Å². The summed E-state index contributed by atoms with van der Waals surface area (Å²) in [7, 11) is 0. The molecule has 6 nitrogen and oxygen atoms in total. The summed E-state index contributed by atoms with van der Waals surface area (Å²) in [5, 5.41) is 7.07. The maximum Gasteiger partial charge on any atom is 0.316 e. The Kier molecular flexibility index (Phi) is 4.11. The smallest absolute Gasteiger partial charge is 0.316 e. The highest BCUT2D eigenvalue weighted by Gasteiger charge is 2.15. The van der Waals surface area contributed by atoms with Gasteiger partial charge in [-0.3, -0.25) is 9.78 Å². The third-order valence-corrected chi connectivity index (χ3v) is 3.13. The van der Waals surface area contributed by atoms with Crippen LogP contribution in [0.5, 0.6) is 0 Å². The number of rotatable bonds is 4. The van der Waals surface area contributed by atoms with E-state index in [9.17, 15) is 4.79 Å². The van der Waals surface area contributed by atoms with Crippen LogP contribution in [0.1, 0.15) is 16.4 Å². The SMILES string of the molecule is O=C(NCc1ccccn1)c1nc(-c2ccc(Cl)cc2)no1. The Morgan fingerprint density at radius 3 is 2.73 bits per heavy atom. The van der Waals surface area contributed by atoms with E-state index < -0.39 is 5.91 Å². The number of carbonyl (C=O) groups excluding carboxylic acids is 1. The Bertz CT molecular complexity index is 772. The molecule has 0 aliphatic heterocycles. The summed E-state index contributed by atoms with van der Waals surface area (Å²) in [4.78, 5) is 20.1. The van der Waals surface area contributed by atoms with Crippen molar-refractivity contribution in [3.05, 3.63) is 65.3 Å². The van der Waals surface area contributed by atoms with Gasteiger partial charge >= 0.3 is 11.8 Å². The minimum atomic E-state index is -0.446. The second-order valence-corrected chi connectivity index (χ2v) is 4.87. The first-order valence-electron chi connectivity index (χ1n) is 6.50. The number of hydrogen-bond acceptors (Lipinski definition) is 5. The molecule has 0 saturated carbocycles. The van der Waals surface area contributed by atoms with Crippen LogP contribution in [0.25, 0.3) is 11.4 Å². The summed E-state index contributed by atoms with van der Waals surface area (Å²) in [6, 6.07) is 12.4. The summed E-state index contributed by atoms with van der Waals surface area (Å²) >= 11 is 5.82. The van der Waals surface area contributed by atoms with Crippen LogP contribution in [0.3, 0.4) is 0 Å². The fraction of sp³-hybridized carbons (Fsp3) is 0.0667. The molecule has 22 heavy (non-hydrogen) atoms. The van der Waals surface area contributed by atoms with Crippen molar-refractivity contribution in [3.8, 4) is 11.4 Å². The third-order valence-electron chi connectivity index (χ3n) is 2.88. The van der Waals surface area contributed by atoms with E-state index in [1.54, 1.807) is 30.5 Å². The first-order chi connectivity index (χ1) is 10.7. The van der Waals surface area contributed by atoms with E-state index in [4.69, 9.17) is 16.1 Å². The minimum absolute atomic E-state index is 0.0964. The summed E-state index contributed by atoms with van der Waals surface area (Å²) in [5.74, 6) is -0.209. The molecular formula is C15H11ClN4O2. The molecule has 0 radical (unpaired) electrons. The van der Waals surface area contributed by atoms with Gasteiger partial charge < -0.3 is 9.84 Å². The zero-order valence-electron chi connectivity index (χ0n) is 11.4. The fourth-order valence-electron chi connectivity index (χ4n) is 1.78. The number of halogens is 1. The van der Waals surface area contributed by atoms with Gasteiger partial charge in [0, 0.05) is 16.8 Å². The maximum atomic E-state index is 12.0. The van der Waals surface area contributed by atoms with Gasteiger partial charge in [0.05, 0.1) is 12.2 Å². The average Bonchev–Trinajstić information content (AvgIpc) is 3.04. The topological polar surface area (TPSA) is 80.9 Å². The molecule has 0 aliphatic rings. The van der Waals surface area contributed by atoms with Crippen LogP contribution in [-0.4, -0.2) is 21.0 Å². The predicted molar refractivity (Wildman–Crippen MR) is 80.2 cm³/mol. The molecule has 0 saturated heterocycles. The second-order valence-electron chi connectivity index (χ2n) is 4.43.